The Labute approximate surface area is 134 Å². The highest BCUT2D eigenvalue weighted by atomic mass is 32.2. The van der Waals surface area contributed by atoms with Crippen LogP contribution in [0.1, 0.15) is 39.5 Å². The van der Waals surface area contributed by atoms with Crippen LogP contribution in [-0.2, 0) is 16.1 Å². The van der Waals surface area contributed by atoms with E-state index < -0.39 is 0 Å². The van der Waals surface area contributed by atoms with E-state index >= 15 is 0 Å². The maximum atomic E-state index is 11.9. The van der Waals surface area contributed by atoms with Crippen LogP contribution in [0.2, 0.25) is 0 Å². The third-order valence-corrected chi connectivity index (χ3v) is 4.79. The minimum atomic E-state index is -0.251. The van der Waals surface area contributed by atoms with Gasteiger partial charge in [-0.15, -0.1) is 5.10 Å². The number of H-pyrrole nitrogens is 1. The van der Waals surface area contributed by atoms with E-state index in [4.69, 9.17) is 4.74 Å². The lowest BCUT2D eigenvalue weighted by atomic mass is 10.2. The van der Waals surface area contributed by atoms with E-state index in [0.29, 0.717) is 11.7 Å². The molecule has 2 heterocycles. The fourth-order valence-electron chi connectivity index (χ4n) is 2.46. The van der Waals surface area contributed by atoms with Gasteiger partial charge < -0.3 is 10.1 Å². The largest absolute Gasteiger partial charge is 0.376 e. The first kappa shape index (κ1) is 17.1. The Morgan fingerprint density at radius 1 is 1.55 bits per heavy atom. The second kappa shape index (κ2) is 8.38. The molecule has 22 heavy (non-hydrogen) atoms. The van der Waals surface area contributed by atoms with E-state index in [1.54, 1.807) is 4.57 Å². The van der Waals surface area contributed by atoms with Gasteiger partial charge in [0.25, 0.3) is 0 Å². The first-order valence-electron chi connectivity index (χ1n) is 7.83. The maximum absolute atomic E-state index is 11.9. The normalized spacial score (nSPS) is 18.0. The summed E-state index contributed by atoms with van der Waals surface area (Å²) in [4.78, 5) is 23.7. The van der Waals surface area contributed by atoms with E-state index in [9.17, 15) is 9.59 Å². The van der Waals surface area contributed by atoms with Crippen LogP contribution < -0.4 is 11.0 Å². The molecule has 1 fully saturated rings. The molecule has 0 unspecified atom stereocenters. The summed E-state index contributed by atoms with van der Waals surface area (Å²) in [6.45, 7) is 5.34. The molecule has 0 aliphatic carbocycles. The first-order chi connectivity index (χ1) is 10.6. The van der Waals surface area contributed by atoms with Gasteiger partial charge in [-0.25, -0.2) is 9.89 Å². The van der Waals surface area contributed by atoms with Crippen molar-refractivity contribution in [2.24, 2.45) is 0 Å². The van der Waals surface area contributed by atoms with Crippen LogP contribution in [0.5, 0.6) is 0 Å². The number of nitrogens with zero attached hydrogens (tertiary/aromatic N) is 2. The number of amides is 1. The summed E-state index contributed by atoms with van der Waals surface area (Å²) >= 11 is 1.28. The number of nitrogens with one attached hydrogen (secondary N) is 2. The quantitative estimate of drug-likeness (QED) is 0.699. The van der Waals surface area contributed by atoms with Crippen molar-refractivity contribution in [2.45, 2.75) is 63.4 Å². The Kier molecular flexibility index (Phi) is 6.50. The number of carbonyl (C=O) groups is 1. The molecule has 2 N–H and O–H groups in total. The number of rotatable bonds is 8. The van der Waals surface area contributed by atoms with Crippen LogP contribution >= 0.6 is 11.8 Å². The molecule has 1 aliphatic heterocycles. The van der Waals surface area contributed by atoms with Crippen LogP contribution in [-0.4, -0.2) is 45.2 Å². The van der Waals surface area contributed by atoms with Gasteiger partial charge in [0, 0.05) is 12.6 Å². The smallest absolute Gasteiger partial charge is 0.344 e. The molecule has 0 spiro atoms. The average molecular weight is 328 g/mol. The highest BCUT2D eigenvalue weighted by molar-refractivity contribution is 7.99. The molecule has 7 nitrogen and oxygen atoms in total. The first-order valence-corrected chi connectivity index (χ1v) is 8.81. The predicted molar refractivity (Wildman–Crippen MR) is 85.1 cm³/mol. The second-order valence-electron chi connectivity index (χ2n) is 5.43. The van der Waals surface area contributed by atoms with Crippen molar-refractivity contribution in [2.75, 3.05) is 12.4 Å². The maximum Gasteiger partial charge on any atom is 0.344 e. The molecular formula is C14H24N4O3S. The van der Waals surface area contributed by atoms with Gasteiger partial charge in [0.1, 0.15) is 0 Å². The van der Waals surface area contributed by atoms with E-state index in [-0.39, 0.29) is 29.5 Å². The van der Waals surface area contributed by atoms with Gasteiger partial charge in [-0.3, -0.25) is 9.36 Å². The number of aromatic amines is 1. The third kappa shape index (κ3) is 4.61. The van der Waals surface area contributed by atoms with E-state index in [2.05, 4.69) is 29.4 Å². The molecule has 1 atom stereocenters. The van der Waals surface area contributed by atoms with E-state index in [0.717, 1.165) is 32.3 Å². The second-order valence-corrected chi connectivity index (χ2v) is 6.37. The van der Waals surface area contributed by atoms with Crippen molar-refractivity contribution in [1.82, 2.24) is 20.1 Å². The van der Waals surface area contributed by atoms with Crippen molar-refractivity contribution in [1.29, 1.82) is 0 Å². The summed E-state index contributed by atoms with van der Waals surface area (Å²) in [5, 5.41) is 9.97. The van der Waals surface area contributed by atoms with Gasteiger partial charge in [0.2, 0.25) is 5.91 Å². The topological polar surface area (TPSA) is 89.0 Å². The molecular weight excluding hydrogens is 304 g/mol. The summed E-state index contributed by atoms with van der Waals surface area (Å²) < 4.78 is 7.11. The standard InChI is InChI=1S/C14H24N4O3S/c1-3-10(4-2)15-12(19)9-22-14-17-16-13(20)18(14)8-11-6-5-7-21-11/h10-11H,3-9H2,1-2H3,(H,15,19)(H,16,20)/t11-/m1/s1. The van der Waals surface area contributed by atoms with Crippen molar-refractivity contribution >= 4 is 17.7 Å². The fraction of sp³-hybridized carbons (Fsp3) is 0.786. The number of hydrogen-bond acceptors (Lipinski definition) is 5. The molecule has 0 saturated carbocycles. The van der Waals surface area contributed by atoms with Gasteiger partial charge in [-0.05, 0) is 25.7 Å². The van der Waals surface area contributed by atoms with Crippen LogP contribution in [0.25, 0.3) is 0 Å². The third-order valence-electron chi connectivity index (χ3n) is 3.82. The summed E-state index contributed by atoms with van der Waals surface area (Å²) in [6, 6.07) is 0.210. The molecule has 2 rings (SSSR count). The molecule has 0 radical (unpaired) electrons. The molecule has 124 valence electrons. The molecule has 8 heteroatoms. The molecule has 0 bridgehead atoms. The van der Waals surface area contributed by atoms with E-state index in [1.807, 2.05) is 0 Å². The minimum absolute atomic E-state index is 0.0298. The van der Waals surface area contributed by atoms with Crippen LogP contribution in [0.4, 0.5) is 0 Å². The zero-order valence-electron chi connectivity index (χ0n) is 13.1. The van der Waals surface area contributed by atoms with Crippen LogP contribution in [0.15, 0.2) is 9.95 Å². The number of ether oxygens (including phenoxy) is 1. The van der Waals surface area contributed by atoms with Crippen molar-refractivity contribution in [3.63, 3.8) is 0 Å². The molecule has 1 saturated heterocycles. The van der Waals surface area contributed by atoms with Gasteiger partial charge in [-0.2, -0.15) is 0 Å². The van der Waals surface area contributed by atoms with Crippen molar-refractivity contribution in [3.8, 4) is 0 Å². The predicted octanol–water partition coefficient (Wildman–Crippen LogP) is 1.15. The van der Waals surface area contributed by atoms with Crippen LogP contribution in [0, 0.1) is 0 Å². The molecule has 1 amide bonds. The van der Waals surface area contributed by atoms with Crippen molar-refractivity contribution in [3.05, 3.63) is 10.5 Å². The summed E-state index contributed by atoms with van der Waals surface area (Å²) in [7, 11) is 0. The number of hydrogen-bond donors (Lipinski definition) is 2. The molecule has 0 aromatic carbocycles. The number of thioether (sulfide) groups is 1. The lowest BCUT2D eigenvalue weighted by Gasteiger charge is -2.14. The van der Waals surface area contributed by atoms with Gasteiger partial charge in [-0.1, -0.05) is 25.6 Å². The average Bonchev–Trinajstić information content (AvgIpc) is 3.14. The van der Waals surface area contributed by atoms with E-state index in [1.165, 1.54) is 11.8 Å². The minimum Gasteiger partial charge on any atom is -0.376 e. The van der Waals surface area contributed by atoms with Gasteiger partial charge in [0.15, 0.2) is 5.16 Å². The number of aromatic nitrogens is 3. The summed E-state index contributed by atoms with van der Waals surface area (Å²) in [5.41, 5.74) is -0.251. The lowest BCUT2D eigenvalue weighted by molar-refractivity contribution is -0.119. The molecule has 1 aromatic rings. The van der Waals surface area contributed by atoms with Gasteiger partial charge >= 0.3 is 5.69 Å². The van der Waals surface area contributed by atoms with Crippen molar-refractivity contribution < 1.29 is 9.53 Å². The highest BCUT2D eigenvalue weighted by Gasteiger charge is 2.20. The number of carbonyl (C=O) groups excluding carboxylic acids is 1. The van der Waals surface area contributed by atoms with Crippen LogP contribution in [0.3, 0.4) is 0 Å². The fourth-order valence-corrected chi connectivity index (χ4v) is 3.23. The SMILES string of the molecule is CCC(CC)NC(=O)CSc1n[nH]c(=O)n1C[C@H]1CCCO1. The highest BCUT2D eigenvalue weighted by Crippen LogP contribution is 2.17. The summed E-state index contributed by atoms with van der Waals surface area (Å²) in [5.74, 6) is 0.226. The zero-order valence-corrected chi connectivity index (χ0v) is 13.9. The zero-order chi connectivity index (χ0) is 15.9. The van der Waals surface area contributed by atoms with Gasteiger partial charge in [0.05, 0.1) is 18.4 Å². The monoisotopic (exact) mass is 328 g/mol. The molecule has 1 aromatic heterocycles. The summed E-state index contributed by atoms with van der Waals surface area (Å²) in [6.07, 6.45) is 3.88. The Balaban J connectivity index is 1.89. The Morgan fingerprint density at radius 2 is 2.32 bits per heavy atom. The Morgan fingerprint density at radius 3 is 2.95 bits per heavy atom. The molecule has 1 aliphatic rings. The Bertz CT molecular complexity index is 532. The Hall–Kier alpha value is -1.28. The lowest BCUT2D eigenvalue weighted by Crippen LogP contribution is -2.35.